The van der Waals surface area contributed by atoms with Crippen molar-refractivity contribution in [1.82, 2.24) is 9.97 Å². The molecular weight excluding hydrogens is 391 g/mol. The molecule has 28 heavy (non-hydrogen) atoms. The third-order valence-electron chi connectivity index (χ3n) is 4.04. The molecular formula is C19H17ClF3N5. The number of hydrogen-bond donors (Lipinski definition) is 3. The second kappa shape index (κ2) is 7.93. The van der Waals surface area contributed by atoms with Crippen LogP contribution in [0.3, 0.4) is 0 Å². The summed E-state index contributed by atoms with van der Waals surface area (Å²) in [7, 11) is 0. The smallest absolute Gasteiger partial charge is 0.393 e. The van der Waals surface area contributed by atoms with Gasteiger partial charge in [0.05, 0.1) is 10.6 Å². The van der Waals surface area contributed by atoms with Crippen molar-refractivity contribution >= 4 is 40.3 Å². The van der Waals surface area contributed by atoms with Gasteiger partial charge in [-0.15, -0.1) is 0 Å². The molecule has 0 unspecified atom stereocenters. The van der Waals surface area contributed by atoms with E-state index in [9.17, 15) is 13.2 Å². The predicted molar refractivity (Wildman–Crippen MR) is 105 cm³/mol. The Hall–Kier alpha value is -3.00. The van der Waals surface area contributed by atoms with E-state index in [2.05, 4.69) is 27.5 Å². The maximum absolute atomic E-state index is 13.0. The average molecular weight is 408 g/mol. The van der Waals surface area contributed by atoms with E-state index >= 15 is 0 Å². The lowest BCUT2D eigenvalue weighted by molar-refractivity contribution is -0.137. The lowest BCUT2D eigenvalue weighted by Gasteiger charge is -2.14. The van der Waals surface area contributed by atoms with E-state index in [0.717, 1.165) is 18.2 Å². The van der Waals surface area contributed by atoms with Gasteiger partial charge in [0.2, 0.25) is 0 Å². The highest BCUT2D eigenvalue weighted by Gasteiger charge is 2.33. The molecule has 9 heteroatoms. The van der Waals surface area contributed by atoms with Crippen LogP contribution in [0.5, 0.6) is 0 Å². The van der Waals surface area contributed by atoms with Crippen LogP contribution < -0.4 is 16.4 Å². The molecule has 0 amide bonds. The van der Waals surface area contributed by atoms with E-state index in [1.165, 1.54) is 24.0 Å². The van der Waals surface area contributed by atoms with Crippen LogP contribution in [0, 0.1) is 0 Å². The molecule has 3 rings (SSSR count). The van der Waals surface area contributed by atoms with Crippen molar-refractivity contribution in [3.63, 3.8) is 0 Å². The quantitative estimate of drug-likeness (QED) is 0.499. The van der Waals surface area contributed by atoms with Gasteiger partial charge in [-0.3, -0.25) is 0 Å². The molecule has 0 aliphatic rings. The summed E-state index contributed by atoms with van der Waals surface area (Å²) in [6, 6.07) is 11.2. The number of nitrogens with one attached hydrogen (secondary N) is 2. The van der Waals surface area contributed by atoms with Crippen LogP contribution in [-0.2, 0) is 12.6 Å². The van der Waals surface area contributed by atoms with E-state index in [1.807, 2.05) is 24.3 Å². The van der Waals surface area contributed by atoms with Gasteiger partial charge in [-0.1, -0.05) is 30.7 Å². The number of nitrogens with zero attached hydrogens (tertiary/aromatic N) is 2. The summed E-state index contributed by atoms with van der Waals surface area (Å²) in [5.74, 6) is 0.518. The molecule has 0 saturated heterocycles. The molecule has 0 saturated carbocycles. The number of alkyl halides is 3. The number of aryl methyl sites for hydroxylation is 1. The van der Waals surface area contributed by atoms with Gasteiger partial charge in [0.15, 0.2) is 11.6 Å². The van der Waals surface area contributed by atoms with Crippen molar-refractivity contribution in [3.05, 3.63) is 64.9 Å². The van der Waals surface area contributed by atoms with E-state index in [4.69, 9.17) is 17.3 Å². The fourth-order valence-electron chi connectivity index (χ4n) is 2.51. The number of hydrogen-bond acceptors (Lipinski definition) is 5. The first-order chi connectivity index (χ1) is 13.3. The summed E-state index contributed by atoms with van der Waals surface area (Å²) < 4.78 is 39.1. The van der Waals surface area contributed by atoms with Gasteiger partial charge in [-0.25, -0.2) is 9.97 Å². The zero-order valence-electron chi connectivity index (χ0n) is 14.8. The van der Waals surface area contributed by atoms with Gasteiger partial charge in [0.25, 0.3) is 0 Å². The van der Waals surface area contributed by atoms with E-state index in [0.29, 0.717) is 5.82 Å². The van der Waals surface area contributed by atoms with Crippen LogP contribution in [0.4, 0.5) is 41.9 Å². The fraction of sp³-hybridized carbons (Fsp3) is 0.158. The van der Waals surface area contributed by atoms with Gasteiger partial charge in [-0.2, -0.15) is 13.2 Å². The fourth-order valence-corrected chi connectivity index (χ4v) is 2.74. The van der Waals surface area contributed by atoms with Gasteiger partial charge in [-0.05, 0) is 42.3 Å². The summed E-state index contributed by atoms with van der Waals surface area (Å²) in [6.45, 7) is 2.06. The predicted octanol–water partition coefficient (Wildman–Crippen LogP) is 5.78. The maximum Gasteiger partial charge on any atom is 0.417 e. The summed E-state index contributed by atoms with van der Waals surface area (Å²) in [5, 5.41) is 5.48. The molecule has 2 aromatic carbocycles. The van der Waals surface area contributed by atoms with Crippen molar-refractivity contribution < 1.29 is 13.2 Å². The zero-order valence-corrected chi connectivity index (χ0v) is 15.6. The largest absolute Gasteiger partial charge is 0.417 e. The summed E-state index contributed by atoms with van der Waals surface area (Å²) in [4.78, 5) is 8.12. The van der Waals surface area contributed by atoms with Crippen LogP contribution in [0.25, 0.3) is 0 Å². The minimum absolute atomic E-state index is 0.153. The third-order valence-corrected chi connectivity index (χ3v) is 4.37. The van der Waals surface area contributed by atoms with Crippen molar-refractivity contribution in [2.24, 2.45) is 0 Å². The Morgan fingerprint density at radius 3 is 2.11 bits per heavy atom. The highest BCUT2D eigenvalue weighted by Crippen LogP contribution is 2.37. The second-order valence-electron chi connectivity index (χ2n) is 5.98. The van der Waals surface area contributed by atoms with Crippen LogP contribution in [0.1, 0.15) is 18.1 Å². The molecule has 0 bridgehead atoms. The first-order valence-corrected chi connectivity index (χ1v) is 8.76. The first-order valence-electron chi connectivity index (χ1n) is 8.38. The number of halogens is 4. The zero-order chi connectivity index (χ0) is 20.3. The molecule has 3 aromatic rings. The van der Waals surface area contributed by atoms with Crippen LogP contribution in [0.2, 0.25) is 5.02 Å². The van der Waals surface area contributed by atoms with Gasteiger partial charge >= 0.3 is 6.18 Å². The lowest BCUT2D eigenvalue weighted by atomic mass is 10.1. The maximum atomic E-state index is 13.0. The Kier molecular flexibility index (Phi) is 5.60. The molecule has 4 N–H and O–H groups in total. The molecule has 0 spiro atoms. The Morgan fingerprint density at radius 2 is 1.54 bits per heavy atom. The highest BCUT2D eigenvalue weighted by atomic mass is 35.5. The standard InChI is InChI=1S/C19H17ClF3N5/c1-2-11-3-5-12(6-4-11)27-17-16(24)18(26-10-25-17)28-13-7-8-15(20)14(9-13)19(21,22)23/h3-10H,2,24H2,1H3,(H2,25,26,27,28). The van der Waals surface area contributed by atoms with Crippen molar-refractivity contribution in [1.29, 1.82) is 0 Å². The monoisotopic (exact) mass is 407 g/mol. The third kappa shape index (κ3) is 4.45. The van der Waals surface area contributed by atoms with E-state index in [-0.39, 0.29) is 22.2 Å². The first kappa shape index (κ1) is 19.8. The molecule has 0 fully saturated rings. The van der Waals surface area contributed by atoms with Gasteiger partial charge in [0, 0.05) is 11.4 Å². The second-order valence-corrected chi connectivity index (χ2v) is 6.38. The Balaban J connectivity index is 1.85. The van der Waals surface area contributed by atoms with Crippen molar-refractivity contribution in [2.45, 2.75) is 19.5 Å². The molecule has 0 aliphatic heterocycles. The number of benzene rings is 2. The summed E-state index contributed by atoms with van der Waals surface area (Å²) in [6.07, 6.45) is -2.38. The molecule has 0 aliphatic carbocycles. The molecule has 1 heterocycles. The molecule has 146 valence electrons. The number of rotatable bonds is 5. The Morgan fingerprint density at radius 1 is 0.964 bits per heavy atom. The van der Waals surface area contributed by atoms with Crippen molar-refractivity contribution in [3.8, 4) is 0 Å². The average Bonchev–Trinajstić information content (AvgIpc) is 2.66. The normalized spacial score (nSPS) is 11.3. The molecule has 1 aromatic heterocycles. The molecule has 0 atom stereocenters. The van der Waals surface area contributed by atoms with Gasteiger partial charge in [0.1, 0.15) is 12.0 Å². The Bertz CT molecular complexity index is 974. The number of nitrogen functional groups attached to an aromatic ring is 1. The Labute approximate surface area is 164 Å². The molecule has 5 nitrogen and oxygen atoms in total. The van der Waals surface area contributed by atoms with Crippen LogP contribution in [0.15, 0.2) is 48.8 Å². The minimum atomic E-state index is -4.57. The number of nitrogens with two attached hydrogens (primary N) is 1. The number of aromatic nitrogens is 2. The van der Waals surface area contributed by atoms with E-state index in [1.54, 1.807) is 0 Å². The summed E-state index contributed by atoms with van der Waals surface area (Å²) >= 11 is 5.64. The topological polar surface area (TPSA) is 75.9 Å². The van der Waals surface area contributed by atoms with Crippen molar-refractivity contribution in [2.75, 3.05) is 16.4 Å². The minimum Gasteiger partial charge on any atom is -0.393 e. The van der Waals surface area contributed by atoms with Crippen LogP contribution >= 0.6 is 11.6 Å². The highest BCUT2D eigenvalue weighted by molar-refractivity contribution is 6.31. The molecule has 0 radical (unpaired) electrons. The summed E-state index contributed by atoms with van der Waals surface area (Å²) in [5.41, 5.74) is 7.44. The number of anilines is 5. The van der Waals surface area contributed by atoms with Gasteiger partial charge < -0.3 is 16.4 Å². The van der Waals surface area contributed by atoms with E-state index < -0.39 is 11.7 Å². The lowest BCUT2D eigenvalue weighted by Crippen LogP contribution is -2.08. The van der Waals surface area contributed by atoms with Crippen LogP contribution in [-0.4, -0.2) is 9.97 Å². The SMILES string of the molecule is CCc1ccc(Nc2ncnc(Nc3ccc(Cl)c(C(F)(F)F)c3)c2N)cc1.